The third-order valence-electron chi connectivity index (χ3n) is 3.86. The third kappa shape index (κ3) is 3.95. The molecular weight excluding hydrogens is 295 g/mol. The summed E-state index contributed by atoms with van der Waals surface area (Å²) in [6.45, 7) is 3.00. The van der Waals surface area contributed by atoms with Gasteiger partial charge in [0.1, 0.15) is 5.78 Å². The standard InChI is InChI=1S/C15H20Cl2N2O/c1-18-6-7-19(2)12(10-18)9-13(20)8-11-4-3-5-14(16)15(11)17/h3-5,12H,6-10H2,1-2H3. The monoisotopic (exact) mass is 314 g/mol. The summed E-state index contributed by atoms with van der Waals surface area (Å²) in [4.78, 5) is 16.8. The first kappa shape index (κ1) is 15.8. The summed E-state index contributed by atoms with van der Waals surface area (Å²) in [7, 11) is 4.18. The molecule has 1 atom stereocenters. The maximum atomic E-state index is 12.2. The number of likely N-dealkylation sites (N-methyl/N-ethyl adjacent to an activating group) is 2. The highest BCUT2D eigenvalue weighted by molar-refractivity contribution is 6.42. The van der Waals surface area contributed by atoms with Crippen LogP contribution in [0.5, 0.6) is 0 Å². The van der Waals surface area contributed by atoms with Crippen LogP contribution < -0.4 is 0 Å². The molecule has 1 fully saturated rings. The second-order valence-corrected chi connectivity index (χ2v) is 6.31. The largest absolute Gasteiger partial charge is 0.304 e. The SMILES string of the molecule is CN1CCN(C)C(CC(=O)Cc2cccc(Cl)c2Cl)C1. The van der Waals surface area contributed by atoms with Gasteiger partial charge >= 0.3 is 0 Å². The first-order valence-electron chi connectivity index (χ1n) is 6.80. The zero-order valence-corrected chi connectivity index (χ0v) is 13.4. The summed E-state index contributed by atoms with van der Waals surface area (Å²) in [6.07, 6.45) is 0.914. The number of hydrogen-bond acceptors (Lipinski definition) is 3. The Morgan fingerprint density at radius 3 is 2.80 bits per heavy atom. The summed E-state index contributed by atoms with van der Waals surface area (Å²) in [6, 6.07) is 5.72. The molecule has 1 heterocycles. The Morgan fingerprint density at radius 2 is 2.05 bits per heavy atom. The van der Waals surface area contributed by atoms with E-state index in [1.54, 1.807) is 6.07 Å². The average molecular weight is 315 g/mol. The van der Waals surface area contributed by atoms with Gasteiger partial charge in [-0.3, -0.25) is 4.79 Å². The fourth-order valence-corrected chi connectivity index (χ4v) is 2.94. The third-order valence-corrected chi connectivity index (χ3v) is 4.72. The van der Waals surface area contributed by atoms with Gasteiger partial charge in [-0.05, 0) is 25.7 Å². The van der Waals surface area contributed by atoms with Crippen LogP contribution >= 0.6 is 23.2 Å². The van der Waals surface area contributed by atoms with E-state index in [4.69, 9.17) is 23.2 Å². The summed E-state index contributed by atoms with van der Waals surface area (Å²) in [5.74, 6) is 0.210. The van der Waals surface area contributed by atoms with Gasteiger partial charge in [-0.1, -0.05) is 35.3 Å². The molecule has 1 aromatic rings. The van der Waals surface area contributed by atoms with Crippen LogP contribution in [0.3, 0.4) is 0 Å². The lowest BCUT2D eigenvalue weighted by molar-refractivity contribution is -0.120. The molecule has 0 aromatic heterocycles. The van der Waals surface area contributed by atoms with Gasteiger partial charge in [0.15, 0.2) is 0 Å². The minimum absolute atomic E-state index is 0.210. The number of ketones is 1. The predicted molar refractivity (Wildman–Crippen MR) is 83.7 cm³/mol. The van der Waals surface area contributed by atoms with Gasteiger partial charge < -0.3 is 9.80 Å². The van der Waals surface area contributed by atoms with Gasteiger partial charge in [0, 0.05) is 38.5 Å². The van der Waals surface area contributed by atoms with Gasteiger partial charge in [-0.25, -0.2) is 0 Å². The van der Waals surface area contributed by atoms with Crippen molar-refractivity contribution < 1.29 is 4.79 Å². The molecule has 1 aliphatic rings. The van der Waals surface area contributed by atoms with Crippen molar-refractivity contribution in [2.75, 3.05) is 33.7 Å². The van der Waals surface area contributed by atoms with Crippen LogP contribution in [0.25, 0.3) is 0 Å². The number of rotatable bonds is 4. The van der Waals surface area contributed by atoms with Crippen molar-refractivity contribution >= 4 is 29.0 Å². The number of carbonyl (C=O) groups excluding carboxylic acids is 1. The number of hydrogen-bond donors (Lipinski definition) is 0. The number of carbonyl (C=O) groups is 1. The van der Waals surface area contributed by atoms with Gasteiger partial charge in [0.25, 0.3) is 0 Å². The molecular formula is C15H20Cl2N2O. The van der Waals surface area contributed by atoms with Crippen molar-refractivity contribution in [2.45, 2.75) is 18.9 Å². The normalized spacial score (nSPS) is 21.1. The summed E-state index contributed by atoms with van der Waals surface area (Å²) >= 11 is 12.1. The lowest BCUT2D eigenvalue weighted by Gasteiger charge is -2.37. The van der Waals surface area contributed by atoms with Crippen LogP contribution in [0.15, 0.2) is 18.2 Å². The first-order chi connectivity index (χ1) is 9.47. The molecule has 0 bridgehead atoms. The molecule has 0 saturated carbocycles. The van der Waals surface area contributed by atoms with E-state index in [1.165, 1.54) is 0 Å². The molecule has 1 aliphatic heterocycles. The Bertz CT molecular complexity index is 493. The van der Waals surface area contributed by atoms with Gasteiger partial charge in [-0.15, -0.1) is 0 Å². The van der Waals surface area contributed by atoms with Crippen LogP contribution in [-0.4, -0.2) is 55.4 Å². The minimum Gasteiger partial charge on any atom is -0.304 e. The molecule has 0 radical (unpaired) electrons. The molecule has 0 spiro atoms. The van der Waals surface area contributed by atoms with Crippen LogP contribution in [0.1, 0.15) is 12.0 Å². The van der Waals surface area contributed by atoms with E-state index in [0.717, 1.165) is 25.2 Å². The predicted octanol–water partition coefficient (Wildman–Crippen LogP) is 2.74. The molecule has 0 N–H and O–H groups in total. The van der Waals surface area contributed by atoms with Crippen molar-refractivity contribution in [3.63, 3.8) is 0 Å². The fraction of sp³-hybridized carbons (Fsp3) is 0.533. The Hall–Kier alpha value is -0.610. The molecule has 1 aromatic carbocycles. The molecule has 1 unspecified atom stereocenters. The van der Waals surface area contributed by atoms with Crippen LogP contribution in [0, 0.1) is 0 Å². The maximum absolute atomic E-state index is 12.2. The topological polar surface area (TPSA) is 23.6 Å². The first-order valence-corrected chi connectivity index (χ1v) is 7.56. The summed E-state index contributed by atoms with van der Waals surface area (Å²) in [5.41, 5.74) is 0.816. The quantitative estimate of drug-likeness (QED) is 0.853. The van der Waals surface area contributed by atoms with Crippen molar-refractivity contribution in [3.8, 4) is 0 Å². The molecule has 3 nitrogen and oxygen atoms in total. The number of benzene rings is 1. The number of Topliss-reactive ketones (excluding diaryl/α,β-unsaturated/α-hetero) is 1. The smallest absolute Gasteiger partial charge is 0.138 e. The van der Waals surface area contributed by atoms with Crippen LogP contribution in [-0.2, 0) is 11.2 Å². The number of nitrogens with zero attached hydrogens (tertiary/aromatic N) is 2. The Morgan fingerprint density at radius 1 is 1.30 bits per heavy atom. The van der Waals surface area contributed by atoms with Crippen molar-refractivity contribution in [1.29, 1.82) is 0 Å². The molecule has 110 valence electrons. The summed E-state index contributed by atoms with van der Waals surface area (Å²) in [5, 5.41) is 1.00. The zero-order chi connectivity index (χ0) is 14.7. The van der Waals surface area contributed by atoms with E-state index in [-0.39, 0.29) is 5.78 Å². The average Bonchev–Trinajstić information content (AvgIpc) is 2.39. The highest BCUT2D eigenvalue weighted by atomic mass is 35.5. The summed E-state index contributed by atoms with van der Waals surface area (Å²) < 4.78 is 0. The number of halogens is 2. The van der Waals surface area contributed by atoms with Gasteiger partial charge in [-0.2, -0.15) is 0 Å². The van der Waals surface area contributed by atoms with Crippen LogP contribution in [0.4, 0.5) is 0 Å². The second kappa shape index (κ2) is 6.90. The minimum atomic E-state index is 0.210. The maximum Gasteiger partial charge on any atom is 0.138 e. The van der Waals surface area contributed by atoms with E-state index in [1.807, 2.05) is 12.1 Å². The zero-order valence-electron chi connectivity index (χ0n) is 11.9. The second-order valence-electron chi connectivity index (χ2n) is 5.53. The lowest BCUT2D eigenvalue weighted by atomic mass is 10.0. The molecule has 20 heavy (non-hydrogen) atoms. The molecule has 5 heteroatoms. The van der Waals surface area contributed by atoms with E-state index in [9.17, 15) is 4.79 Å². The molecule has 0 aliphatic carbocycles. The van der Waals surface area contributed by atoms with E-state index in [0.29, 0.717) is 28.9 Å². The molecule has 2 rings (SSSR count). The molecule has 0 amide bonds. The Balaban J connectivity index is 1.96. The van der Waals surface area contributed by atoms with Gasteiger partial charge in [0.2, 0.25) is 0 Å². The van der Waals surface area contributed by atoms with E-state index in [2.05, 4.69) is 23.9 Å². The van der Waals surface area contributed by atoms with E-state index < -0.39 is 0 Å². The van der Waals surface area contributed by atoms with Crippen molar-refractivity contribution in [1.82, 2.24) is 9.80 Å². The highest BCUT2D eigenvalue weighted by Crippen LogP contribution is 2.26. The van der Waals surface area contributed by atoms with Gasteiger partial charge in [0.05, 0.1) is 10.0 Å². The number of piperazine rings is 1. The highest BCUT2D eigenvalue weighted by Gasteiger charge is 2.24. The van der Waals surface area contributed by atoms with Crippen LogP contribution in [0.2, 0.25) is 10.0 Å². The van der Waals surface area contributed by atoms with Crippen molar-refractivity contribution in [2.24, 2.45) is 0 Å². The van der Waals surface area contributed by atoms with E-state index >= 15 is 0 Å². The lowest BCUT2D eigenvalue weighted by Crippen LogP contribution is -2.50. The van der Waals surface area contributed by atoms with Crippen molar-refractivity contribution in [3.05, 3.63) is 33.8 Å². The fourth-order valence-electron chi connectivity index (χ4n) is 2.55. The Labute approximate surface area is 130 Å². The Kier molecular flexibility index (Phi) is 5.44. The molecule has 1 saturated heterocycles.